The molecule has 1 aromatic carbocycles. The number of nitrogens with two attached hydrogens (primary N) is 1. The molecule has 0 amide bonds. The third-order valence-corrected chi connectivity index (χ3v) is 3.83. The minimum atomic E-state index is -0.440. The third kappa shape index (κ3) is 3.11. The standard InChI is InChI=1S/C15H19N3O3/c1-3-15(16,4-2)10-21-13-8-7-12(18(19)20)14-11(13)6-5-9-17-14/h5-9H,3-4,10,16H2,1-2H3. The molecule has 1 heterocycles. The Bertz CT molecular complexity index is 654. The molecule has 1 aromatic heterocycles. The molecular weight excluding hydrogens is 270 g/mol. The fraction of sp³-hybridized carbons (Fsp3) is 0.400. The maximum Gasteiger partial charge on any atom is 0.295 e. The van der Waals surface area contributed by atoms with Crippen LogP contribution in [0.3, 0.4) is 0 Å². The molecule has 2 aromatic rings. The lowest BCUT2D eigenvalue weighted by Crippen LogP contribution is -2.44. The first-order chi connectivity index (χ1) is 10.0. The van der Waals surface area contributed by atoms with E-state index in [1.54, 1.807) is 18.2 Å². The minimum Gasteiger partial charge on any atom is -0.491 e. The Morgan fingerprint density at radius 1 is 1.33 bits per heavy atom. The second kappa shape index (κ2) is 6.05. The Kier molecular flexibility index (Phi) is 4.37. The van der Waals surface area contributed by atoms with Gasteiger partial charge in [-0.3, -0.25) is 10.1 Å². The summed E-state index contributed by atoms with van der Waals surface area (Å²) in [7, 11) is 0. The maximum atomic E-state index is 11.0. The van der Waals surface area contributed by atoms with Crippen molar-refractivity contribution in [1.82, 2.24) is 4.98 Å². The number of hydrogen-bond donors (Lipinski definition) is 1. The van der Waals surface area contributed by atoms with E-state index in [4.69, 9.17) is 10.5 Å². The molecule has 0 atom stereocenters. The second-order valence-electron chi connectivity index (χ2n) is 5.10. The molecular formula is C15H19N3O3. The first-order valence-electron chi connectivity index (χ1n) is 6.94. The van der Waals surface area contributed by atoms with Crippen molar-refractivity contribution in [3.63, 3.8) is 0 Å². The van der Waals surface area contributed by atoms with Gasteiger partial charge in [0.15, 0.2) is 5.52 Å². The van der Waals surface area contributed by atoms with Crippen molar-refractivity contribution in [1.29, 1.82) is 0 Å². The number of ether oxygens (including phenoxy) is 1. The number of pyridine rings is 1. The average molecular weight is 289 g/mol. The van der Waals surface area contributed by atoms with Gasteiger partial charge in [0.05, 0.1) is 4.92 Å². The van der Waals surface area contributed by atoms with Gasteiger partial charge in [0.25, 0.3) is 5.69 Å². The lowest BCUT2D eigenvalue weighted by atomic mass is 9.95. The van der Waals surface area contributed by atoms with Crippen LogP contribution in [0.25, 0.3) is 10.9 Å². The van der Waals surface area contributed by atoms with Crippen molar-refractivity contribution >= 4 is 16.6 Å². The largest absolute Gasteiger partial charge is 0.491 e. The summed E-state index contributed by atoms with van der Waals surface area (Å²) >= 11 is 0. The zero-order valence-electron chi connectivity index (χ0n) is 12.2. The highest BCUT2D eigenvalue weighted by atomic mass is 16.6. The predicted molar refractivity (Wildman–Crippen MR) is 81.4 cm³/mol. The van der Waals surface area contributed by atoms with Gasteiger partial charge in [0, 0.05) is 23.2 Å². The van der Waals surface area contributed by atoms with E-state index in [0.717, 1.165) is 12.8 Å². The third-order valence-electron chi connectivity index (χ3n) is 3.83. The highest BCUT2D eigenvalue weighted by Crippen LogP contribution is 2.31. The van der Waals surface area contributed by atoms with Crippen LogP contribution in [0.2, 0.25) is 0 Å². The van der Waals surface area contributed by atoms with Crippen LogP contribution in [0.15, 0.2) is 30.5 Å². The zero-order valence-corrected chi connectivity index (χ0v) is 12.2. The SMILES string of the molecule is CCC(N)(CC)COc1ccc([N+](=O)[O-])c2ncccc12. The van der Waals surface area contributed by atoms with Crippen molar-refractivity contribution in [2.24, 2.45) is 5.73 Å². The van der Waals surface area contributed by atoms with E-state index in [-0.39, 0.29) is 5.69 Å². The maximum absolute atomic E-state index is 11.0. The Hall–Kier alpha value is -2.21. The fourth-order valence-electron chi connectivity index (χ4n) is 2.08. The summed E-state index contributed by atoms with van der Waals surface area (Å²) in [5.74, 6) is 0.570. The van der Waals surface area contributed by atoms with Gasteiger partial charge >= 0.3 is 0 Å². The van der Waals surface area contributed by atoms with Crippen LogP contribution < -0.4 is 10.5 Å². The summed E-state index contributed by atoms with van der Waals surface area (Å²) < 4.78 is 5.81. The summed E-state index contributed by atoms with van der Waals surface area (Å²) in [4.78, 5) is 14.7. The molecule has 0 aliphatic rings. The van der Waals surface area contributed by atoms with Gasteiger partial charge < -0.3 is 10.5 Å². The molecule has 0 unspecified atom stereocenters. The molecule has 112 valence electrons. The molecule has 0 bridgehead atoms. The highest BCUT2D eigenvalue weighted by Gasteiger charge is 2.22. The van der Waals surface area contributed by atoms with Crippen LogP contribution in [0.1, 0.15) is 26.7 Å². The van der Waals surface area contributed by atoms with E-state index in [0.29, 0.717) is 23.3 Å². The summed E-state index contributed by atoms with van der Waals surface area (Å²) in [5, 5.41) is 11.7. The highest BCUT2D eigenvalue weighted by molar-refractivity contribution is 5.91. The van der Waals surface area contributed by atoms with Gasteiger partial charge in [-0.15, -0.1) is 0 Å². The molecule has 0 fully saturated rings. The Morgan fingerprint density at radius 2 is 2.05 bits per heavy atom. The van der Waals surface area contributed by atoms with Crippen LogP contribution in [-0.4, -0.2) is 22.1 Å². The predicted octanol–water partition coefficient (Wildman–Crippen LogP) is 3.04. The second-order valence-corrected chi connectivity index (χ2v) is 5.10. The molecule has 0 aliphatic carbocycles. The Balaban J connectivity index is 2.38. The first-order valence-corrected chi connectivity index (χ1v) is 6.94. The number of non-ortho nitro benzene ring substituents is 1. The molecule has 2 N–H and O–H groups in total. The number of fused-ring (bicyclic) bond motifs is 1. The number of nitrogens with zero attached hydrogens (tertiary/aromatic N) is 2. The number of nitro benzene ring substituents is 1. The lowest BCUT2D eigenvalue weighted by Gasteiger charge is -2.26. The van der Waals surface area contributed by atoms with E-state index < -0.39 is 10.5 Å². The van der Waals surface area contributed by atoms with Crippen molar-refractivity contribution in [2.75, 3.05) is 6.61 Å². The van der Waals surface area contributed by atoms with E-state index in [9.17, 15) is 10.1 Å². The number of nitro groups is 1. The van der Waals surface area contributed by atoms with Crippen LogP contribution in [-0.2, 0) is 0 Å². The molecule has 0 saturated heterocycles. The number of hydrogen-bond acceptors (Lipinski definition) is 5. The van der Waals surface area contributed by atoms with Gasteiger partial charge in [-0.2, -0.15) is 0 Å². The zero-order chi connectivity index (χ0) is 15.5. The van der Waals surface area contributed by atoms with Gasteiger partial charge in [0.2, 0.25) is 0 Å². The number of benzene rings is 1. The van der Waals surface area contributed by atoms with Crippen LogP contribution in [0.5, 0.6) is 5.75 Å². The van der Waals surface area contributed by atoms with E-state index in [2.05, 4.69) is 4.98 Å². The smallest absolute Gasteiger partial charge is 0.295 e. The first kappa shape index (κ1) is 15.2. The Morgan fingerprint density at radius 3 is 2.67 bits per heavy atom. The summed E-state index contributed by atoms with van der Waals surface area (Å²) in [6.07, 6.45) is 3.13. The molecule has 0 aliphatic heterocycles. The fourth-order valence-corrected chi connectivity index (χ4v) is 2.08. The number of aromatic nitrogens is 1. The molecule has 0 saturated carbocycles. The number of rotatable bonds is 6. The van der Waals surface area contributed by atoms with Crippen molar-refractivity contribution in [3.05, 3.63) is 40.6 Å². The van der Waals surface area contributed by atoms with Gasteiger partial charge in [-0.25, -0.2) is 4.98 Å². The van der Waals surface area contributed by atoms with E-state index in [1.165, 1.54) is 12.3 Å². The van der Waals surface area contributed by atoms with Crippen molar-refractivity contribution in [3.8, 4) is 5.75 Å². The summed E-state index contributed by atoms with van der Waals surface area (Å²) in [5.41, 5.74) is 6.13. The summed E-state index contributed by atoms with van der Waals surface area (Å²) in [6, 6.07) is 6.52. The quantitative estimate of drug-likeness (QED) is 0.652. The van der Waals surface area contributed by atoms with Crippen molar-refractivity contribution in [2.45, 2.75) is 32.2 Å². The minimum absolute atomic E-state index is 0.0251. The monoisotopic (exact) mass is 289 g/mol. The van der Waals surface area contributed by atoms with Crippen LogP contribution in [0.4, 0.5) is 5.69 Å². The van der Waals surface area contributed by atoms with E-state index >= 15 is 0 Å². The average Bonchev–Trinajstić information content (AvgIpc) is 2.52. The topological polar surface area (TPSA) is 91.3 Å². The van der Waals surface area contributed by atoms with Gasteiger partial charge in [-0.1, -0.05) is 13.8 Å². The normalized spacial score (nSPS) is 11.6. The molecule has 6 nitrogen and oxygen atoms in total. The van der Waals surface area contributed by atoms with Crippen molar-refractivity contribution < 1.29 is 9.66 Å². The lowest BCUT2D eigenvalue weighted by molar-refractivity contribution is -0.383. The molecule has 21 heavy (non-hydrogen) atoms. The molecule has 6 heteroatoms. The van der Waals surface area contributed by atoms with Gasteiger partial charge in [-0.05, 0) is 31.0 Å². The molecule has 0 spiro atoms. The van der Waals surface area contributed by atoms with E-state index in [1.807, 2.05) is 13.8 Å². The Labute approximate surface area is 123 Å². The summed E-state index contributed by atoms with van der Waals surface area (Å²) in [6.45, 7) is 4.40. The van der Waals surface area contributed by atoms with Gasteiger partial charge in [0.1, 0.15) is 12.4 Å². The molecule has 2 rings (SSSR count). The van der Waals surface area contributed by atoms with Crippen LogP contribution in [0, 0.1) is 10.1 Å². The van der Waals surface area contributed by atoms with Crippen LogP contribution >= 0.6 is 0 Å². The molecule has 0 radical (unpaired) electrons.